The van der Waals surface area contributed by atoms with Crippen molar-refractivity contribution in [3.8, 4) is 0 Å². The van der Waals surface area contributed by atoms with Gasteiger partial charge in [-0.05, 0) is 24.0 Å². The van der Waals surface area contributed by atoms with E-state index in [1.165, 1.54) is 22.2 Å². The molecule has 0 saturated heterocycles. The molecule has 0 radical (unpaired) electrons. The molecule has 0 unspecified atom stereocenters. The van der Waals surface area contributed by atoms with Crippen LogP contribution in [0.2, 0.25) is 0 Å². The second kappa shape index (κ2) is 7.73. The number of H-pyrrole nitrogens is 1. The predicted molar refractivity (Wildman–Crippen MR) is 111 cm³/mol. The molecular formula is C20H21N7O3S. The van der Waals surface area contributed by atoms with E-state index in [4.69, 9.17) is 0 Å². The maximum atomic E-state index is 12.6. The van der Waals surface area contributed by atoms with Gasteiger partial charge in [-0.2, -0.15) is 15.4 Å². The second-order valence-corrected chi connectivity index (χ2v) is 9.99. The fourth-order valence-corrected chi connectivity index (χ4v) is 5.34. The van der Waals surface area contributed by atoms with Crippen LogP contribution in [0.15, 0.2) is 36.7 Å². The Balaban J connectivity index is 1.21. The van der Waals surface area contributed by atoms with Crippen LogP contribution in [0.5, 0.6) is 0 Å². The van der Waals surface area contributed by atoms with Crippen LogP contribution in [0.1, 0.15) is 28.1 Å². The van der Waals surface area contributed by atoms with Crippen LogP contribution in [-0.4, -0.2) is 56.4 Å². The zero-order valence-electron chi connectivity index (χ0n) is 16.7. The van der Waals surface area contributed by atoms with Crippen molar-refractivity contribution in [3.63, 3.8) is 0 Å². The SMILES string of the molecule is O=C(CS(=O)(=O)Cc1cn[nH]n1)N1Cc2cnc(NC3Cc4ccccc4C3)nc2C1. The molecule has 5 rings (SSSR count). The lowest BCUT2D eigenvalue weighted by Gasteiger charge is -2.14. The number of aromatic nitrogens is 5. The number of carbonyl (C=O) groups excluding carboxylic acids is 1. The Bertz CT molecular complexity index is 1200. The smallest absolute Gasteiger partial charge is 0.238 e. The number of rotatable bonds is 6. The van der Waals surface area contributed by atoms with Gasteiger partial charge >= 0.3 is 0 Å². The standard InChI is InChI=1S/C20H21N7O3S/c28-19(12-31(29,30)11-17-8-22-26-25-17)27-9-15-7-21-20(24-18(15)10-27)23-16-5-13-3-1-2-4-14(13)6-16/h1-4,7-8,16H,5-6,9-12H2,(H,21,23,24)(H,22,25,26). The largest absolute Gasteiger partial charge is 0.351 e. The minimum absolute atomic E-state index is 0.233. The molecule has 0 bridgehead atoms. The summed E-state index contributed by atoms with van der Waals surface area (Å²) in [5.41, 5.74) is 4.54. The van der Waals surface area contributed by atoms with Crippen LogP contribution in [0.4, 0.5) is 5.95 Å². The summed E-state index contributed by atoms with van der Waals surface area (Å²) in [4.78, 5) is 23.1. The number of anilines is 1. The van der Waals surface area contributed by atoms with Gasteiger partial charge in [0.05, 0.1) is 29.9 Å². The van der Waals surface area contributed by atoms with Crippen molar-refractivity contribution in [2.24, 2.45) is 0 Å². The molecule has 31 heavy (non-hydrogen) atoms. The van der Waals surface area contributed by atoms with Gasteiger partial charge in [0.1, 0.15) is 5.75 Å². The number of hydrogen-bond donors (Lipinski definition) is 2. The van der Waals surface area contributed by atoms with E-state index >= 15 is 0 Å². The maximum absolute atomic E-state index is 12.6. The third-order valence-electron chi connectivity index (χ3n) is 5.57. The number of sulfone groups is 1. The molecule has 2 aliphatic rings. The topological polar surface area (TPSA) is 134 Å². The van der Waals surface area contributed by atoms with E-state index in [-0.39, 0.29) is 24.0 Å². The highest BCUT2D eigenvalue weighted by Gasteiger charge is 2.29. The van der Waals surface area contributed by atoms with Crippen molar-refractivity contribution >= 4 is 21.7 Å². The van der Waals surface area contributed by atoms with Crippen LogP contribution >= 0.6 is 0 Å². The van der Waals surface area contributed by atoms with Crippen LogP contribution < -0.4 is 5.32 Å². The first-order valence-electron chi connectivity index (χ1n) is 9.96. The summed E-state index contributed by atoms with van der Waals surface area (Å²) < 4.78 is 24.6. The molecule has 0 spiro atoms. The van der Waals surface area contributed by atoms with Gasteiger partial charge in [0.2, 0.25) is 11.9 Å². The van der Waals surface area contributed by atoms with Gasteiger partial charge in [-0.3, -0.25) is 4.79 Å². The first-order chi connectivity index (χ1) is 14.9. The lowest BCUT2D eigenvalue weighted by atomic mass is 10.1. The molecule has 2 N–H and O–H groups in total. The molecule has 1 aromatic carbocycles. The maximum Gasteiger partial charge on any atom is 0.238 e. The van der Waals surface area contributed by atoms with Gasteiger partial charge in [-0.25, -0.2) is 18.4 Å². The highest BCUT2D eigenvalue weighted by atomic mass is 32.2. The molecule has 0 saturated carbocycles. The number of hydrogen-bond acceptors (Lipinski definition) is 8. The fourth-order valence-electron chi connectivity index (χ4n) is 4.09. The highest BCUT2D eigenvalue weighted by Crippen LogP contribution is 2.25. The zero-order valence-corrected chi connectivity index (χ0v) is 17.5. The normalized spacial score (nSPS) is 15.7. The number of carbonyl (C=O) groups is 1. The molecule has 2 aromatic heterocycles. The van der Waals surface area contributed by atoms with Crippen molar-refractivity contribution in [2.45, 2.75) is 37.7 Å². The van der Waals surface area contributed by atoms with E-state index in [0.717, 1.165) is 24.1 Å². The van der Waals surface area contributed by atoms with Crippen molar-refractivity contribution in [2.75, 3.05) is 11.1 Å². The molecule has 3 heterocycles. The first kappa shape index (κ1) is 19.6. The summed E-state index contributed by atoms with van der Waals surface area (Å²) in [6.45, 7) is 0.582. The van der Waals surface area contributed by atoms with E-state index in [1.54, 1.807) is 6.20 Å². The van der Waals surface area contributed by atoms with Gasteiger partial charge in [0.15, 0.2) is 9.84 Å². The van der Waals surface area contributed by atoms with Gasteiger partial charge < -0.3 is 10.2 Å². The van der Waals surface area contributed by atoms with Gasteiger partial charge in [-0.15, -0.1) is 0 Å². The Morgan fingerprint density at radius 2 is 1.90 bits per heavy atom. The Kier molecular flexibility index (Phi) is 4.89. The quantitative estimate of drug-likeness (QED) is 0.571. The zero-order chi connectivity index (χ0) is 21.4. The summed E-state index contributed by atoms with van der Waals surface area (Å²) in [6.07, 6.45) is 4.89. The summed E-state index contributed by atoms with van der Waals surface area (Å²) in [5, 5.41) is 13.1. The van der Waals surface area contributed by atoms with Gasteiger partial charge in [-0.1, -0.05) is 24.3 Å². The molecule has 160 valence electrons. The van der Waals surface area contributed by atoms with Crippen LogP contribution in [-0.2, 0) is 46.3 Å². The number of nitrogens with one attached hydrogen (secondary N) is 2. The first-order valence-corrected chi connectivity index (χ1v) is 11.8. The Hall–Kier alpha value is -3.34. The molecule has 10 nitrogen and oxygen atoms in total. The van der Waals surface area contributed by atoms with Crippen molar-refractivity contribution in [3.05, 3.63) is 64.7 Å². The van der Waals surface area contributed by atoms with Gasteiger partial charge in [0, 0.05) is 24.3 Å². The van der Waals surface area contributed by atoms with E-state index in [0.29, 0.717) is 12.5 Å². The van der Waals surface area contributed by atoms with Crippen LogP contribution in [0.3, 0.4) is 0 Å². The third-order valence-corrected chi connectivity index (χ3v) is 6.99. The summed E-state index contributed by atoms with van der Waals surface area (Å²) in [6, 6.07) is 8.60. The average Bonchev–Trinajstić information content (AvgIpc) is 3.45. The van der Waals surface area contributed by atoms with Crippen LogP contribution in [0, 0.1) is 0 Å². The van der Waals surface area contributed by atoms with E-state index in [1.807, 2.05) is 12.1 Å². The second-order valence-electron chi connectivity index (χ2n) is 7.93. The summed E-state index contributed by atoms with van der Waals surface area (Å²) >= 11 is 0. The molecule has 1 aliphatic carbocycles. The molecule has 0 fully saturated rings. The summed E-state index contributed by atoms with van der Waals surface area (Å²) in [7, 11) is -3.64. The molecular weight excluding hydrogens is 418 g/mol. The third kappa shape index (κ3) is 4.26. The van der Waals surface area contributed by atoms with E-state index in [9.17, 15) is 13.2 Å². The van der Waals surface area contributed by atoms with Crippen molar-refractivity contribution in [1.29, 1.82) is 0 Å². The number of nitrogens with zero attached hydrogens (tertiary/aromatic N) is 5. The Labute approximate surface area is 179 Å². The molecule has 11 heteroatoms. The Morgan fingerprint density at radius 3 is 2.61 bits per heavy atom. The van der Waals surface area contributed by atoms with Crippen molar-refractivity contribution in [1.82, 2.24) is 30.3 Å². The lowest BCUT2D eigenvalue weighted by molar-refractivity contribution is -0.129. The highest BCUT2D eigenvalue weighted by molar-refractivity contribution is 7.91. The molecule has 1 aliphatic heterocycles. The van der Waals surface area contributed by atoms with Gasteiger partial charge in [0.25, 0.3) is 0 Å². The average molecular weight is 440 g/mol. The number of fused-ring (bicyclic) bond motifs is 2. The molecule has 3 aromatic rings. The predicted octanol–water partition coefficient (Wildman–Crippen LogP) is 0.631. The van der Waals surface area contributed by atoms with Crippen LogP contribution in [0.25, 0.3) is 0 Å². The number of aromatic amines is 1. The minimum Gasteiger partial charge on any atom is -0.351 e. The lowest BCUT2D eigenvalue weighted by Crippen LogP contribution is -2.32. The minimum atomic E-state index is -3.64. The van der Waals surface area contributed by atoms with E-state index < -0.39 is 21.5 Å². The Morgan fingerprint density at radius 1 is 1.13 bits per heavy atom. The fraction of sp³-hybridized carbons (Fsp3) is 0.350. The monoisotopic (exact) mass is 439 g/mol. The van der Waals surface area contributed by atoms with Crippen molar-refractivity contribution < 1.29 is 13.2 Å². The number of amides is 1. The molecule has 1 amide bonds. The molecule has 0 atom stereocenters. The number of benzene rings is 1. The summed E-state index contributed by atoms with van der Waals surface area (Å²) in [5.74, 6) is -0.827. The van der Waals surface area contributed by atoms with E-state index in [2.05, 4.69) is 42.8 Å².